The molecule has 4 nitrogen and oxygen atoms in total. The van der Waals surface area contributed by atoms with Gasteiger partial charge in [0.15, 0.2) is 0 Å². The number of aliphatic hydroxyl groups is 1. The largest absolute Gasteiger partial charge is 0.493 e. The highest BCUT2D eigenvalue weighted by molar-refractivity contribution is 5.48. The maximum atomic E-state index is 10.5. The fourth-order valence-electron chi connectivity index (χ4n) is 3.23. The number of rotatable bonds is 7. The van der Waals surface area contributed by atoms with Gasteiger partial charge in [0.2, 0.25) is 0 Å². The topological polar surface area (TPSA) is 44.7 Å². The third kappa shape index (κ3) is 4.97. The SMILES string of the molecule is CCc1ccc(N2CCN[C@@H]([C@H](O)CCOc3ccccc3)C2)cc1. The number of aliphatic hydroxyl groups excluding tert-OH is 1. The van der Waals surface area contributed by atoms with Gasteiger partial charge in [-0.05, 0) is 36.2 Å². The van der Waals surface area contributed by atoms with Crippen LogP contribution in [0, 0.1) is 0 Å². The van der Waals surface area contributed by atoms with E-state index < -0.39 is 6.10 Å². The van der Waals surface area contributed by atoms with E-state index in [2.05, 4.69) is 41.4 Å². The van der Waals surface area contributed by atoms with E-state index in [9.17, 15) is 5.11 Å². The molecule has 0 unspecified atom stereocenters. The summed E-state index contributed by atoms with van der Waals surface area (Å²) in [6.07, 6.45) is 1.26. The minimum absolute atomic E-state index is 0.0685. The first-order chi connectivity index (χ1) is 12.3. The van der Waals surface area contributed by atoms with Gasteiger partial charge < -0.3 is 20.1 Å². The monoisotopic (exact) mass is 340 g/mol. The molecule has 0 aliphatic carbocycles. The number of hydrogen-bond donors (Lipinski definition) is 2. The van der Waals surface area contributed by atoms with Crippen LogP contribution in [0.4, 0.5) is 5.69 Å². The Kier molecular flexibility index (Phi) is 6.31. The van der Waals surface area contributed by atoms with Crippen molar-refractivity contribution in [1.29, 1.82) is 0 Å². The van der Waals surface area contributed by atoms with E-state index >= 15 is 0 Å². The molecule has 0 amide bonds. The number of para-hydroxylation sites is 1. The summed E-state index contributed by atoms with van der Waals surface area (Å²) >= 11 is 0. The smallest absolute Gasteiger partial charge is 0.119 e. The minimum atomic E-state index is -0.415. The lowest BCUT2D eigenvalue weighted by Gasteiger charge is -2.37. The third-order valence-corrected chi connectivity index (χ3v) is 4.81. The van der Waals surface area contributed by atoms with Crippen molar-refractivity contribution in [2.24, 2.45) is 0 Å². The van der Waals surface area contributed by atoms with Gasteiger partial charge in [0, 0.05) is 31.7 Å². The molecule has 4 heteroatoms. The molecule has 0 spiro atoms. The maximum Gasteiger partial charge on any atom is 0.119 e. The van der Waals surface area contributed by atoms with Gasteiger partial charge in [-0.2, -0.15) is 0 Å². The molecular weight excluding hydrogens is 312 g/mol. The molecular formula is C21H28N2O2. The molecule has 2 aromatic rings. The number of aryl methyl sites for hydroxylation is 1. The van der Waals surface area contributed by atoms with Crippen LogP contribution in [-0.4, -0.2) is 43.5 Å². The second-order valence-corrected chi connectivity index (χ2v) is 6.54. The molecule has 0 bridgehead atoms. The first-order valence-electron chi connectivity index (χ1n) is 9.19. The first kappa shape index (κ1) is 17.8. The molecule has 0 aromatic heterocycles. The zero-order valence-corrected chi connectivity index (χ0v) is 14.9. The lowest BCUT2D eigenvalue weighted by molar-refractivity contribution is 0.0977. The Bertz CT molecular complexity index is 630. The highest BCUT2D eigenvalue weighted by Crippen LogP contribution is 2.19. The summed E-state index contributed by atoms with van der Waals surface area (Å²) in [5.41, 5.74) is 2.59. The lowest BCUT2D eigenvalue weighted by Crippen LogP contribution is -2.56. The van der Waals surface area contributed by atoms with Crippen LogP contribution in [0.3, 0.4) is 0 Å². The van der Waals surface area contributed by atoms with Crippen molar-refractivity contribution in [2.45, 2.75) is 31.9 Å². The molecule has 1 saturated heterocycles. The summed E-state index contributed by atoms with van der Waals surface area (Å²) in [6.45, 7) is 5.36. The van der Waals surface area contributed by atoms with Crippen LogP contribution in [0.15, 0.2) is 54.6 Å². The van der Waals surface area contributed by atoms with Crippen molar-refractivity contribution >= 4 is 5.69 Å². The lowest BCUT2D eigenvalue weighted by atomic mass is 10.0. The molecule has 134 valence electrons. The molecule has 1 heterocycles. The zero-order chi connectivity index (χ0) is 17.5. The number of nitrogens with zero attached hydrogens (tertiary/aromatic N) is 1. The van der Waals surface area contributed by atoms with Crippen LogP contribution in [0.2, 0.25) is 0 Å². The Morgan fingerprint density at radius 3 is 2.64 bits per heavy atom. The summed E-state index contributed by atoms with van der Waals surface area (Å²) in [5, 5.41) is 14.0. The number of anilines is 1. The van der Waals surface area contributed by atoms with Crippen LogP contribution in [-0.2, 0) is 6.42 Å². The van der Waals surface area contributed by atoms with Gasteiger partial charge in [0.25, 0.3) is 0 Å². The van der Waals surface area contributed by atoms with Crippen LogP contribution in [0.25, 0.3) is 0 Å². The molecule has 25 heavy (non-hydrogen) atoms. The summed E-state index contributed by atoms with van der Waals surface area (Å²) < 4.78 is 5.70. The summed E-state index contributed by atoms with van der Waals surface area (Å²) in [5.74, 6) is 0.851. The Morgan fingerprint density at radius 2 is 1.92 bits per heavy atom. The molecule has 2 N–H and O–H groups in total. The number of piperazine rings is 1. The minimum Gasteiger partial charge on any atom is -0.493 e. The number of benzene rings is 2. The standard InChI is InChI=1S/C21H28N2O2/c1-2-17-8-10-18(11-9-17)23-14-13-22-20(16-23)21(24)12-15-25-19-6-4-3-5-7-19/h3-11,20-22,24H,2,12-16H2,1H3/t20-,21-/m1/s1. The zero-order valence-electron chi connectivity index (χ0n) is 14.9. The number of hydrogen-bond acceptors (Lipinski definition) is 4. The quantitative estimate of drug-likeness (QED) is 0.813. The van der Waals surface area contributed by atoms with Gasteiger partial charge >= 0.3 is 0 Å². The third-order valence-electron chi connectivity index (χ3n) is 4.81. The summed E-state index contributed by atoms with van der Waals surface area (Å²) in [4.78, 5) is 2.35. The maximum absolute atomic E-state index is 10.5. The van der Waals surface area contributed by atoms with E-state index in [4.69, 9.17) is 4.74 Å². The molecule has 0 radical (unpaired) electrons. The predicted octanol–water partition coefficient (Wildman–Crippen LogP) is 2.86. The Balaban J connectivity index is 1.49. The van der Waals surface area contributed by atoms with E-state index in [0.717, 1.165) is 31.8 Å². The van der Waals surface area contributed by atoms with E-state index in [-0.39, 0.29) is 6.04 Å². The van der Waals surface area contributed by atoms with Gasteiger partial charge in [-0.15, -0.1) is 0 Å². The van der Waals surface area contributed by atoms with Crippen molar-refractivity contribution in [1.82, 2.24) is 5.32 Å². The Morgan fingerprint density at radius 1 is 1.16 bits per heavy atom. The molecule has 1 fully saturated rings. The van der Waals surface area contributed by atoms with Gasteiger partial charge in [0.1, 0.15) is 5.75 Å². The van der Waals surface area contributed by atoms with Crippen molar-refractivity contribution in [3.63, 3.8) is 0 Å². The molecule has 0 saturated carbocycles. The van der Waals surface area contributed by atoms with Crippen LogP contribution in [0.5, 0.6) is 5.75 Å². The van der Waals surface area contributed by atoms with Crippen LogP contribution < -0.4 is 15.0 Å². The highest BCUT2D eigenvalue weighted by Gasteiger charge is 2.25. The van der Waals surface area contributed by atoms with E-state index in [1.165, 1.54) is 11.3 Å². The number of nitrogens with one attached hydrogen (secondary N) is 1. The average Bonchev–Trinajstić information content (AvgIpc) is 2.69. The second-order valence-electron chi connectivity index (χ2n) is 6.54. The average molecular weight is 340 g/mol. The normalized spacial score (nSPS) is 18.8. The van der Waals surface area contributed by atoms with Crippen LogP contribution >= 0.6 is 0 Å². The number of ether oxygens (including phenoxy) is 1. The summed E-state index contributed by atoms with van der Waals surface area (Å²) in [6, 6.07) is 18.6. The Hall–Kier alpha value is -2.04. The van der Waals surface area contributed by atoms with Gasteiger partial charge in [0.05, 0.1) is 18.8 Å². The molecule has 1 aliphatic heterocycles. The fourth-order valence-corrected chi connectivity index (χ4v) is 3.23. The molecule has 1 aliphatic rings. The fraction of sp³-hybridized carbons (Fsp3) is 0.429. The second kappa shape index (κ2) is 8.88. The van der Waals surface area contributed by atoms with Crippen molar-refractivity contribution in [3.8, 4) is 5.75 Å². The van der Waals surface area contributed by atoms with Gasteiger partial charge in [-0.1, -0.05) is 37.3 Å². The molecule has 3 rings (SSSR count). The highest BCUT2D eigenvalue weighted by atomic mass is 16.5. The Labute approximate surface area is 150 Å². The van der Waals surface area contributed by atoms with E-state index in [0.29, 0.717) is 13.0 Å². The van der Waals surface area contributed by atoms with Crippen molar-refractivity contribution in [3.05, 3.63) is 60.2 Å². The van der Waals surface area contributed by atoms with E-state index in [1.807, 2.05) is 30.3 Å². The van der Waals surface area contributed by atoms with Crippen molar-refractivity contribution < 1.29 is 9.84 Å². The van der Waals surface area contributed by atoms with E-state index in [1.54, 1.807) is 0 Å². The van der Waals surface area contributed by atoms with Gasteiger partial charge in [-0.3, -0.25) is 0 Å². The summed E-state index contributed by atoms with van der Waals surface area (Å²) in [7, 11) is 0. The van der Waals surface area contributed by atoms with Gasteiger partial charge in [-0.25, -0.2) is 0 Å². The van der Waals surface area contributed by atoms with Crippen molar-refractivity contribution in [2.75, 3.05) is 31.1 Å². The predicted molar refractivity (Wildman–Crippen MR) is 102 cm³/mol. The van der Waals surface area contributed by atoms with Crippen LogP contribution in [0.1, 0.15) is 18.9 Å². The first-order valence-corrected chi connectivity index (χ1v) is 9.19. The molecule has 2 atom stereocenters. The molecule has 2 aromatic carbocycles.